The summed E-state index contributed by atoms with van der Waals surface area (Å²) in [4.78, 5) is 27.0. The van der Waals surface area contributed by atoms with Gasteiger partial charge in [-0.25, -0.2) is 4.39 Å². The lowest BCUT2D eigenvalue weighted by Crippen LogP contribution is -2.41. The zero-order valence-corrected chi connectivity index (χ0v) is 14.8. The molecule has 1 amide bonds. The largest absolute Gasteiger partial charge is 0.396 e. The van der Waals surface area contributed by atoms with Crippen LogP contribution >= 0.6 is 0 Å². The van der Waals surface area contributed by atoms with Gasteiger partial charge in [0.05, 0.1) is 12.1 Å². The van der Waals surface area contributed by atoms with Gasteiger partial charge in [0.1, 0.15) is 5.82 Å². The van der Waals surface area contributed by atoms with Gasteiger partial charge >= 0.3 is 0 Å². The fourth-order valence-corrected chi connectivity index (χ4v) is 3.72. The minimum absolute atomic E-state index is 0.0915. The van der Waals surface area contributed by atoms with Crippen molar-refractivity contribution in [2.75, 3.05) is 13.2 Å². The van der Waals surface area contributed by atoms with Gasteiger partial charge in [0.15, 0.2) is 0 Å². The van der Waals surface area contributed by atoms with E-state index in [0.717, 1.165) is 31.1 Å². The smallest absolute Gasteiger partial charge is 0.251 e. The summed E-state index contributed by atoms with van der Waals surface area (Å²) < 4.78 is 13.2. The average molecular weight is 360 g/mol. The van der Waals surface area contributed by atoms with Crippen LogP contribution < -0.4 is 10.9 Å². The Kier molecular flexibility index (Phi) is 5.71. The second kappa shape index (κ2) is 7.99. The molecule has 0 radical (unpaired) electrons. The molecule has 0 aliphatic heterocycles. The molecule has 1 aliphatic rings. The molecule has 3 N–H and O–H groups in total. The van der Waals surface area contributed by atoms with Crippen LogP contribution in [0, 0.1) is 11.2 Å². The Bertz CT molecular complexity index is 841. The van der Waals surface area contributed by atoms with Crippen molar-refractivity contribution in [1.29, 1.82) is 0 Å². The highest BCUT2D eigenvalue weighted by Crippen LogP contribution is 2.35. The molecule has 1 heterocycles. The van der Waals surface area contributed by atoms with E-state index >= 15 is 0 Å². The fourth-order valence-electron chi connectivity index (χ4n) is 3.72. The van der Waals surface area contributed by atoms with Crippen molar-refractivity contribution < 1.29 is 14.3 Å². The number of aromatic nitrogens is 1. The lowest BCUT2D eigenvalue weighted by Gasteiger charge is -2.35. The lowest BCUT2D eigenvalue weighted by molar-refractivity contribution is -0.121. The predicted molar refractivity (Wildman–Crippen MR) is 98.5 cm³/mol. The third kappa shape index (κ3) is 4.30. The van der Waals surface area contributed by atoms with Crippen molar-refractivity contribution >= 4 is 16.8 Å². The molecule has 1 fully saturated rings. The molecular formula is C20H25FN2O3. The summed E-state index contributed by atoms with van der Waals surface area (Å²) in [5, 5.41) is 13.4. The van der Waals surface area contributed by atoms with Crippen LogP contribution in [0.3, 0.4) is 0 Å². The Morgan fingerprint density at radius 2 is 2.00 bits per heavy atom. The van der Waals surface area contributed by atoms with Crippen LogP contribution in [0.5, 0.6) is 0 Å². The number of H-pyrrole nitrogens is 1. The van der Waals surface area contributed by atoms with Crippen molar-refractivity contribution in [1.82, 2.24) is 10.3 Å². The molecule has 3 rings (SSSR count). The number of aromatic amines is 1. The number of carbonyl (C=O) groups excluding carboxylic acids is 1. The topological polar surface area (TPSA) is 82.2 Å². The molecule has 0 saturated heterocycles. The Morgan fingerprint density at radius 3 is 2.73 bits per heavy atom. The molecule has 1 aromatic carbocycles. The maximum absolute atomic E-state index is 13.2. The second-order valence-corrected chi connectivity index (χ2v) is 7.35. The molecular weight excluding hydrogens is 335 g/mol. The number of hydrogen-bond donors (Lipinski definition) is 3. The highest BCUT2D eigenvalue weighted by atomic mass is 19.1. The first-order valence-electron chi connectivity index (χ1n) is 9.20. The summed E-state index contributed by atoms with van der Waals surface area (Å²) >= 11 is 0. The van der Waals surface area contributed by atoms with Gasteiger partial charge in [0.25, 0.3) is 5.56 Å². The minimum Gasteiger partial charge on any atom is -0.396 e. The molecule has 1 aliphatic carbocycles. The van der Waals surface area contributed by atoms with Gasteiger partial charge in [-0.05, 0) is 48.9 Å². The molecule has 5 nitrogen and oxygen atoms in total. The zero-order chi connectivity index (χ0) is 18.6. The van der Waals surface area contributed by atoms with Gasteiger partial charge in [-0.15, -0.1) is 0 Å². The molecule has 0 atom stereocenters. The Labute approximate surface area is 151 Å². The van der Waals surface area contributed by atoms with E-state index in [1.807, 2.05) is 0 Å². The van der Waals surface area contributed by atoms with Crippen molar-refractivity contribution in [3.8, 4) is 0 Å². The van der Waals surface area contributed by atoms with Crippen molar-refractivity contribution in [3.05, 3.63) is 46.0 Å². The number of hydrogen-bond acceptors (Lipinski definition) is 3. The van der Waals surface area contributed by atoms with Crippen LogP contribution in [-0.4, -0.2) is 29.1 Å². The summed E-state index contributed by atoms with van der Waals surface area (Å²) in [6, 6.07) is 5.94. The molecule has 26 heavy (non-hydrogen) atoms. The molecule has 1 aromatic heterocycles. The van der Waals surface area contributed by atoms with Crippen LogP contribution in [0.25, 0.3) is 10.9 Å². The van der Waals surface area contributed by atoms with E-state index in [9.17, 15) is 19.1 Å². The third-order valence-electron chi connectivity index (χ3n) is 5.42. The van der Waals surface area contributed by atoms with Crippen LogP contribution in [0.4, 0.5) is 4.39 Å². The van der Waals surface area contributed by atoms with E-state index in [1.54, 1.807) is 12.1 Å². The quantitative estimate of drug-likeness (QED) is 0.741. The van der Waals surface area contributed by atoms with Gasteiger partial charge in [-0.1, -0.05) is 19.3 Å². The third-order valence-corrected chi connectivity index (χ3v) is 5.42. The molecule has 0 unspecified atom stereocenters. The second-order valence-electron chi connectivity index (χ2n) is 7.35. The highest BCUT2D eigenvalue weighted by molar-refractivity contribution is 5.79. The summed E-state index contributed by atoms with van der Waals surface area (Å²) in [7, 11) is 0. The molecule has 1 saturated carbocycles. The van der Waals surface area contributed by atoms with Gasteiger partial charge in [-0.2, -0.15) is 0 Å². The standard InChI is InChI=1S/C20H25FN2O3/c21-16-6-4-14-10-15(19(26)23-17(14)11-16)5-7-18(25)22-12-20(13-24)8-2-1-3-9-20/h4,6,10-11,24H,1-3,5,7-9,12-13H2,(H,22,25)(H,23,26). The number of amides is 1. The average Bonchev–Trinajstić information content (AvgIpc) is 2.65. The first-order chi connectivity index (χ1) is 12.5. The zero-order valence-electron chi connectivity index (χ0n) is 14.8. The number of nitrogens with one attached hydrogen (secondary N) is 2. The van der Waals surface area contributed by atoms with E-state index < -0.39 is 5.82 Å². The SMILES string of the molecule is O=C(CCc1cc2ccc(F)cc2[nH]c1=O)NCC1(CO)CCCCC1. The highest BCUT2D eigenvalue weighted by Gasteiger charge is 2.31. The molecule has 140 valence electrons. The number of aliphatic hydroxyl groups excluding tert-OH is 1. The molecule has 0 spiro atoms. The van der Waals surface area contributed by atoms with Gasteiger partial charge in [0.2, 0.25) is 5.91 Å². The van der Waals surface area contributed by atoms with E-state index in [2.05, 4.69) is 10.3 Å². The van der Waals surface area contributed by atoms with Crippen molar-refractivity contribution in [2.24, 2.45) is 5.41 Å². The van der Waals surface area contributed by atoms with Crippen molar-refractivity contribution in [3.63, 3.8) is 0 Å². The summed E-state index contributed by atoms with van der Waals surface area (Å²) in [6.07, 6.45) is 5.75. The number of carbonyl (C=O) groups is 1. The number of aryl methyl sites for hydroxylation is 1. The van der Waals surface area contributed by atoms with Gasteiger partial charge < -0.3 is 15.4 Å². The van der Waals surface area contributed by atoms with E-state index in [1.165, 1.54) is 18.6 Å². The number of benzene rings is 1. The fraction of sp³-hybridized carbons (Fsp3) is 0.500. The van der Waals surface area contributed by atoms with Crippen LogP contribution in [0.2, 0.25) is 0 Å². The molecule has 2 aromatic rings. The van der Waals surface area contributed by atoms with E-state index in [-0.39, 0.29) is 29.9 Å². The minimum atomic E-state index is -0.402. The predicted octanol–water partition coefficient (Wildman–Crippen LogP) is 2.66. The molecule has 0 bridgehead atoms. The summed E-state index contributed by atoms with van der Waals surface area (Å²) in [5.74, 6) is -0.525. The number of pyridine rings is 1. The maximum Gasteiger partial charge on any atom is 0.251 e. The van der Waals surface area contributed by atoms with Crippen LogP contribution in [-0.2, 0) is 11.2 Å². The van der Waals surface area contributed by atoms with Crippen LogP contribution in [0.15, 0.2) is 29.1 Å². The summed E-state index contributed by atoms with van der Waals surface area (Å²) in [6.45, 7) is 0.573. The van der Waals surface area contributed by atoms with Gasteiger partial charge in [-0.3, -0.25) is 9.59 Å². The first-order valence-corrected chi connectivity index (χ1v) is 9.20. The number of halogens is 1. The first kappa shape index (κ1) is 18.6. The number of rotatable bonds is 6. The lowest BCUT2D eigenvalue weighted by atomic mass is 9.74. The van der Waals surface area contributed by atoms with Gasteiger partial charge in [0, 0.05) is 23.9 Å². The Balaban J connectivity index is 1.59. The number of fused-ring (bicyclic) bond motifs is 1. The monoisotopic (exact) mass is 360 g/mol. The normalized spacial score (nSPS) is 16.5. The van der Waals surface area contributed by atoms with E-state index in [4.69, 9.17) is 0 Å². The van der Waals surface area contributed by atoms with Crippen LogP contribution in [0.1, 0.15) is 44.1 Å². The van der Waals surface area contributed by atoms with E-state index in [0.29, 0.717) is 24.0 Å². The maximum atomic E-state index is 13.2. The molecule has 6 heteroatoms. The summed E-state index contributed by atoms with van der Waals surface area (Å²) in [5.41, 5.74) is 0.465. The Morgan fingerprint density at radius 1 is 1.23 bits per heavy atom. The Hall–Kier alpha value is -2.21. The number of aliphatic hydroxyl groups is 1. The van der Waals surface area contributed by atoms with Crippen molar-refractivity contribution in [2.45, 2.75) is 44.9 Å².